The molecule has 0 aliphatic carbocycles. The van der Waals surface area contributed by atoms with Gasteiger partial charge in [0.15, 0.2) is 16.7 Å². The molecule has 10 heteroatoms. The molecule has 0 fully saturated rings. The Morgan fingerprint density at radius 3 is 2.56 bits per heavy atom. The molecular formula is C24H26ClN3O5S. The highest BCUT2D eigenvalue weighted by molar-refractivity contribution is 8.14. The molecule has 0 bridgehead atoms. The van der Waals surface area contributed by atoms with Crippen molar-refractivity contribution in [3.8, 4) is 11.5 Å². The third-order valence-electron chi connectivity index (χ3n) is 4.92. The van der Waals surface area contributed by atoms with Crippen LogP contribution in [0.4, 0.5) is 5.69 Å². The standard InChI is InChI=1S/C24H26ClN3O5S/c1-5-33-23(30)21-14(2)26-24(34-13-20(29)27-17-9-7-6-8-16(17)25)28-22(21)15-10-11-18(31-3)19(12-15)32-4/h6-12,22H,5,13H2,1-4H3,(H,26,28)(H,27,29)/t22-/m0/s1. The predicted molar refractivity (Wildman–Crippen MR) is 135 cm³/mol. The van der Waals surface area contributed by atoms with Gasteiger partial charge in [-0.2, -0.15) is 0 Å². The smallest absolute Gasteiger partial charge is 0.338 e. The zero-order chi connectivity index (χ0) is 24.7. The van der Waals surface area contributed by atoms with E-state index < -0.39 is 12.0 Å². The lowest BCUT2D eigenvalue weighted by molar-refractivity contribution is -0.139. The zero-order valence-corrected chi connectivity index (χ0v) is 20.9. The van der Waals surface area contributed by atoms with Gasteiger partial charge in [-0.3, -0.25) is 4.79 Å². The van der Waals surface area contributed by atoms with Gasteiger partial charge in [0.1, 0.15) is 6.04 Å². The Morgan fingerprint density at radius 1 is 1.15 bits per heavy atom. The largest absolute Gasteiger partial charge is 0.493 e. The first kappa shape index (κ1) is 25.5. The van der Waals surface area contributed by atoms with Crippen LogP contribution in [0.3, 0.4) is 0 Å². The van der Waals surface area contributed by atoms with E-state index in [9.17, 15) is 9.59 Å². The minimum absolute atomic E-state index is 0.0950. The number of amides is 1. The number of carbonyl (C=O) groups excluding carboxylic acids is 2. The molecule has 2 aromatic rings. The molecule has 0 spiro atoms. The van der Waals surface area contributed by atoms with Crippen molar-refractivity contribution in [2.75, 3.05) is 31.9 Å². The summed E-state index contributed by atoms with van der Waals surface area (Å²) in [5.74, 6) is 0.480. The number of hydrogen-bond donors (Lipinski definition) is 2. The average Bonchev–Trinajstić information content (AvgIpc) is 2.83. The van der Waals surface area contributed by atoms with E-state index in [-0.39, 0.29) is 18.3 Å². The molecule has 1 aliphatic heterocycles. The number of hydrogen-bond acceptors (Lipinski definition) is 8. The van der Waals surface area contributed by atoms with Crippen molar-refractivity contribution >= 4 is 46.1 Å². The number of allylic oxidation sites excluding steroid dienone is 1. The molecule has 2 N–H and O–H groups in total. The van der Waals surface area contributed by atoms with Crippen LogP contribution < -0.4 is 20.1 Å². The summed E-state index contributed by atoms with van der Waals surface area (Å²) in [5, 5.41) is 6.86. The molecule has 0 saturated carbocycles. The molecule has 0 saturated heterocycles. The summed E-state index contributed by atoms with van der Waals surface area (Å²) in [5.41, 5.74) is 2.25. The Kier molecular flexibility index (Phi) is 8.84. The van der Waals surface area contributed by atoms with Gasteiger partial charge in [0.05, 0.1) is 42.9 Å². The van der Waals surface area contributed by atoms with Crippen molar-refractivity contribution in [2.24, 2.45) is 4.99 Å². The number of carbonyl (C=O) groups is 2. The maximum Gasteiger partial charge on any atom is 0.338 e. The van der Waals surface area contributed by atoms with E-state index in [0.717, 1.165) is 5.56 Å². The number of thioether (sulfide) groups is 1. The van der Waals surface area contributed by atoms with Crippen molar-refractivity contribution in [3.05, 3.63) is 64.3 Å². The van der Waals surface area contributed by atoms with Crippen molar-refractivity contribution in [1.29, 1.82) is 0 Å². The van der Waals surface area contributed by atoms with Gasteiger partial charge in [0.2, 0.25) is 5.91 Å². The van der Waals surface area contributed by atoms with Crippen LogP contribution in [0.25, 0.3) is 0 Å². The molecule has 1 heterocycles. The van der Waals surface area contributed by atoms with Crippen molar-refractivity contribution in [3.63, 3.8) is 0 Å². The van der Waals surface area contributed by atoms with Crippen LogP contribution in [0.2, 0.25) is 5.02 Å². The number of halogens is 1. The first-order valence-corrected chi connectivity index (χ1v) is 11.9. The summed E-state index contributed by atoms with van der Waals surface area (Å²) in [6.07, 6.45) is 0. The lowest BCUT2D eigenvalue weighted by atomic mass is 9.96. The molecule has 2 aromatic carbocycles. The van der Waals surface area contributed by atoms with Crippen LogP contribution in [0.1, 0.15) is 25.5 Å². The van der Waals surface area contributed by atoms with E-state index in [1.807, 2.05) is 6.07 Å². The number of rotatable bonds is 8. The van der Waals surface area contributed by atoms with Gasteiger partial charge in [-0.1, -0.05) is 41.6 Å². The summed E-state index contributed by atoms with van der Waals surface area (Å²) in [6.45, 7) is 3.76. The van der Waals surface area contributed by atoms with Crippen molar-refractivity contribution in [2.45, 2.75) is 19.9 Å². The van der Waals surface area contributed by atoms with Gasteiger partial charge >= 0.3 is 5.97 Å². The molecule has 0 aromatic heterocycles. The Hall–Kier alpha value is -3.17. The summed E-state index contributed by atoms with van der Waals surface area (Å²) in [6, 6.07) is 11.7. The minimum atomic E-state index is -0.644. The fourth-order valence-corrected chi connectivity index (χ4v) is 4.27. The Bertz CT molecular complexity index is 1140. The summed E-state index contributed by atoms with van der Waals surface area (Å²) in [7, 11) is 3.09. The minimum Gasteiger partial charge on any atom is -0.493 e. The van der Waals surface area contributed by atoms with Crippen molar-refractivity contribution in [1.82, 2.24) is 5.32 Å². The van der Waals surface area contributed by atoms with Gasteiger partial charge in [-0.15, -0.1) is 0 Å². The fraction of sp³-hybridized carbons (Fsp3) is 0.292. The van der Waals surface area contributed by atoms with Gasteiger partial charge in [0, 0.05) is 5.70 Å². The monoisotopic (exact) mass is 503 g/mol. The highest BCUT2D eigenvalue weighted by Crippen LogP contribution is 2.37. The number of ether oxygens (including phenoxy) is 3. The molecule has 34 heavy (non-hydrogen) atoms. The summed E-state index contributed by atoms with van der Waals surface area (Å²) >= 11 is 7.33. The molecule has 1 atom stereocenters. The number of anilines is 1. The number of nitrogens with one attached hydrogen (secondary N) is 2. The Balaban J connectivity index is 1.84. The highest BCUT2D eigenvalue weighted by atomic mass is 35.5. The van der Waals surface area contributed by atoms with Crippen LogP contribution in [0.15, 0.2) is 58.7 Å². The van der Waals surface area contributed by atoms with E-state index in [0.29, 0.717) is 38.6 Å². The average molecular weight is 504 g/mol. The highest BCUT2D eigenvalue weighted by Gasteiger charge is 2.31. The fourth-order valence-electron chi connectivity index (χ4n) is 3.34. The van der Waals surface area contributed by atoms with E-state index in [1.165, 1.54) is 11.8 Å². The maximum atomic E-state index is 12.7. The molecule has 3 rings (SSSR count). The number of esters is 1. The number of methoxy groups -OCH3 is 2. The van der Waals surface area contributed by atoms with Crippen LogP contribution >= 0.6 is 23.4 Å². The van der Waals surface area contributed by atoms with Crippen molar-refractivity contribution < 1.29 is 23.8 Å². The molecule has 0 unspecified atom stereocenters. The second kappa shape index (κ2) is 11.8. The number of nitrogens with zero attached hydrogens (tertiary/aromatic N) is 1. The molecule has 8 nitrogen and oxygen atoms in total. The maximum absolute atomic E-state index is 12.7. The first-order valence-electron chi connectivity index (χ1n) is 10.5. The molecular weight excluding hydrogens is 478 g/mol. The normalized spacial score (nSPS) is 15.2. The molecule has 1 aliphatic rings. The lowest BCUT2D eigenvalue weighted by Crippen LogP contribution is -2.31. The van der Waals surface area contributed by atoms with Crippen LogP contribution in [-0.2, 0) is 14.3 Å². The SMILES string of the molecule is CCOC(=O)C1=C(C)NC(SCC(=O)Nc2ccccc2Cl)=N[C@H]1c1ccc(OC)c(OC)c1. The second-order valence-corrected chi connectivity index (χ2v) is 8.52. The molecule has 0 radical (unpaired) electrons. The van der Waals surface area contributed by atoms with Crippen LogP contribution in [-0.4, -0.2) is 43.6 Å². The Morgan fingerprint density at radius 2 is 1.88 bits per heavy atom. The number of aliphatic imine (C=N–C) groups is 1. The molecule has 1 amide bonds. The quantitative estimate of drug-likeness (QED) is 0.509. The number of amidine groups is 1. The predicted octanol–water partition coefficient (Wildman–Crippen LogP) is 4.57. The van der Waals surface area contributed by atoms with Crippen LogP contribution in [0.5, 0.6) is 11.5 Å². The van der Waals surface area contributed by atoms with Gasteiger partial charge in [-0.05, 0) is 43.7 Å². The second-order valence-electron chi connectivity index (χ2n) is 7.15. The van der Waals surface area contributed by atoms with E-state index in [4.69, 9.17) is 30.8 Å². The van der Waals surface area contributed by atoms with E-state index in [1.54, 1.807) is 64.5 Å². The molecule has 180 valence electrons. The van der Waals surface area contributed by atoms with Gasteiger partial charge in [0.25, 0.3) is 0 Å². The Labute approximate surface area is 207 Å². The number of benzene rings is 2. The zero-order valence-electron chi connectivity index (χ0n) is 19.3. The first-order chi connectivity index (χ1) is 16.4. The van der Waals surface area contributed by atoms with E-state index >= 15 is 0 Å². The number of para-hydroxylation sites is 1. The van der Waals surface area contributed by atoms with Gasteiger partial charge in [-0.25, -0.2) is 9.79 Å². The third-order valence-corrected chi connectivity index (χ3v) is 6.14. The van der Waals surface area contributed by atoms with Gasteiger partial charge < -0.3 is 24.8 Å². The summed E-state index contributed by atoms with van der Waals surface area (Å²) in [4.78, 5) is 29.9. The van der Waals surface area contributed by atoms with Crippen LogP contribution in [0, 0.1) is 0 Å². The van der Waals surface area contributed by atoms with E-state index in [2.05, 4.69) is 10.6 Å². The summed E-state index contributed by atoms with van der Waals surface area (Å²) < 4.78 is 16.0. The third kappa shape index (κ3) is 6.03. The lowest BCUT2D eigenvalue weighted by Gasteiger charge is -2.26. The topological polar surface area (TPSA) is 98.2 Å².